The van der Waals surface area contributed by atoms with Crippen molar-refractivity contribution in [2.45, 2.75) is 13.3 Å². The Morgan fingerprint density at radius 3 is 3.25 bits per heavy atom. The molecule has 0 aliphatic carbocycles. The molecular formula is C8H18N4. The van der Waals surface area contributed by atoms with Crippen molar-refractivity contribution in [1.29, 1.82) is 0 Å². The van der Waals surface area contributed by atoms with E-state index in [1.165, 1.54) is 6.42 Å². The summed E-state index contributed by atoms with van der Waals surface area (Å²) in [4.78, 5) is 4.25. The first-order valence-electron chi connectivity index (χ1n) is 4.61. The molecule has 4 heteroatoms. The third-order valence-corrected chi connectivity index (χ3v) is 1.96. The van der Waals surface area contributed by atoms with Gasteiger partial charge >= 0.3 is 0 Å². The zero-order valence-electron chi connectivity index (χ0n) is 7.64. The predicted molar refractivity (Wildman–Crippen MR) is 51.1 cm³/mol. The number of nitrogens with one attached hydrogen (secondary N) is 3. The van der Waals surface area contributed by atoms with E-state index in [2.05, 4.69) is 21.2 Å². The molecule has 12 heavy (non-hydrogen) atoms. The Kier molecular flexibility index (Phi) is 4.71. The molecule has 1 aliphatic rings. The molecule has 0 amide bonds. The minimum Gasteiger partial charge on any atom is -0.316 e. The van der Waals surface area contributed by atoms with Gasteiger partial charge in [-0.25, -0.2) is 5.43 Å². The second-order valence-electron chi connectivity index (χ2n) is 3.03. The lowest BCUT2D eigenvalue weighted by Gasteiger charge is -2.02. The predicted octanol–water partition coefficient (Wildman–Crippen LogP) is -0.262. The van der Waals surface area contributed by atoms with Crippen LogP contribution in [0.2, 0.25) is 0 Å². The van der Waals surface area contributed by atoms with Crippen LogP contribution in [-0.4, -0.2) is 32.5 Å². The van der Waals surface area contributed by atoms with Crippen molar-refractivity contribution in [2.24, 2.45) is 10.9 Å². The highest BCUT2D eigenvalue weighted by atomic mass is 15.3. The molecule has 1 unspecified atom stereocenters. The van der Waals surface area contributed by atoms with Crippen molar-refractivity contribution in [1.82, 2.24) is 16.2 Å². The van der Waals surface area contributed by atoms with Gasteiger partial charge in [-0.05, 0) is 25.4 Å². The van der Waals surface area contributed by atoms with Crippen molar-refractivity contribution in [3.05, 3.63) is 0 Å². The standard InChI is InChI=1S/C8H18N4/c1-2-11-12-7-10-6-8-3-4-9-5-8/h7-9,11H,2-6H2,1H3,(H,10,12). The van der Waals surface area contributed by atoms with Crippen LogP contribution in [0.1, 0.15) is 13.3 Å². The largest absolute Gasteiger partial charge is 0.316 e. The molecule has 70 valence electrons. The Bertz CT molecular complexity index is 129. The van der Waals surface area contributed by atoms with E-state index < -0.39 is 0 Å². The first kappa shape index (κ1) is 9.48. The smallest absolute Gasteiger partial charge is 0.0966 e. The average molecular weight is 170 g/mol. The molecule has 0 spiro atoms. The van der Waals surface area contributed by atoms with Crippen molar-refractivity contribution < 1.29 is 0 Å². The van der Waals surface area contributed by atoms with Crippen LogP contribution >= 0.6 is 0 Å². The Morgan fingerprint density at radius 1 is 1.67 bits per heavy atom. The van der Waals surface area contributed by atoms with Gasteiger partial charge in [-0.3, -0.25) is 4.99 Å². The monoisotopic (exact) mass is 170 g/mol. The highest BCUT2D eigenvalue weighted by Gasteiger charge is 2.12. The van der Waals surface area contributed by atoms with E-state index in [-0.39, 0.29) is 0 Å². The second kappa shape index (κ2) is 5.97. The first-order valence-corrected chi connectivity index (χ1v) is 4.61. The van der Waals surface area contributed by atoms with E-state index in [1.807, 2.05) is 6.92 Å². The van der Waals surface area contributed by atoms with Crippen LogP contribution in [0.3, 0.4) is 0 Å². The molecular weight excluding hydrogens is 152 g/mol. The lowest BCUT2D eigenvalue weighted by Crippen LogP contribution is -2.30. The van der Waals surface area contributed by atoms with Crippen molar-refractivity contribution >= 4 is 6.34 Å². The van der Waals surface area contributed by atoms with Gasteiger partial charge in [0.25, 0.3) is 0 Å². The molecule has 0 bridgehead atoms. The molecule has 0 aromatic rings. The number of hydrazine groups is 1. The van der Waals surface area contributed by atoms with Gasteiger partial charge < -0.3 is 10.7 Å². The molecule has 1 atom stereocenters. The summed E-state index contributed by atoms with van der Waals surface area (Å²) in [6, 6.07) is 0. The fourth-order valence-corrected chi connectivity index (χ4v) is 1.27. The molecule has 0 radical (unpaired) electrons. The Balaban J connectivity index is 1.96. The number of nitrogens with zero attached hydrogens (tertiary/aromatic N) is 1. The van der Waals surface area contributed by atoms with Gasteiger partial charge in [-0.2, -0.15) is 0 Å². The maximum Gasteiger partial charge on any atom is 0.0966 e. The zero-order valence-corrected chi connectivity index (χ0v) is 7.64. The van der Waals surface area contributed by atoms with Crippen molar-refractivity contribution in [3.8, 4) is 0 Å². The first-order chi connectivity index (χ1) is 5.93. The third kappa shape index (κ3) is 3.69. The number of aliphatic imine (C=N–C) groups is 1. The molecule has 1 fully saturated rings. The zero-order chi connectivity index (χ0) is 8.65. The van der Waals surface area contributed by atoms with Crippen LogP contribution in [0.4, 0.5) is 0 Å². The summed E-state index contributed by atoms with van der Waals surface area (Å²) in [5, 5.41) is 3.31. The molecule has 1 saturated heterocycles. The summed E-state index contributed by atoms with van der Waals surface area (Å²) in [5.41, 5.74) is 5.86. The fourth-order valence-electron chi connectivity index (χ4n) is 1.27. The maximum absolute atomic E-state index is 4.25. The van der Waals surface area contributed by atoms with Crippen LogP contribution in [-0.2, 0) is 0 Å². The fraction of sp³-hybridized carbons (Fsp3) is 0.875. The summed E-state index contributed by atoms with van der Waals surface area (Å²) in [6.45, 7) is 6.17. The summed E-state index contributed by atoms with van der Waals surface area (Å²) in [5.74, 6) is 0.740. The van der Waals surface area contributed by atoms with Gasteiger partial charge in [-0.1, -0.05) is 6.92 Å². The molecule has 1 heterocycles. The van der Waals surface area contributed by atoms with Gasteiger partial charge in [0.15, 0.2) is 0 Å². The second-order valence-corrected chi connectivity index (χ2v) is 3.03. The third-order valence-electron chi connectivity index (χ3n) is 1.96. The average Bonchev–Trinajstić information content (AvgIpc) is 2.57. The molecule has 1 aliphatic heterocycles. The summed E-state index contributed by atoms with van der Waals surface area (Å²) >= 11 is 0. The summed E-state index contributed by atoms with van der Waals surface area (Å²) in [6.07, 6.45) is 3.00. The van der Waals surface area contributed by atoms with Crippen LogP contribution in [0.15, 0.2) is 4.99 Å². The van der Waals surface area contributed by atoms with E-state index in [9.17, 15) is 0 Å². The Hall–Kier alpha value is -0.610. The topological polar surface area (TPSA) is 48.5 Å². The Morgan fingerprint density at radius 2 is 2.58 bits per heavy atom. The molecule has 0 aromatic carbocycles. The molecule has 0 saturated carbocycles. The van der Waals surface area contributed by atoms with Crippen LogP contribution in [0.5, 0.6) is 0 Å². The lowest BCUT2D eigenvalue weighted by atomic mass is 10.1. The highest BCUT2D eigenvalue weighted by molar-refractivity contribution is 5.53. The SMILES string of the molecule is CCNNC=NCC1CCNC1. The molecule has 1 rings (SSSR count). The van der Waals surface area contributed by atoms with Gasteiger partial charge in [-0.15, -0.1) is 0 Å². The minimum absolute atomic E-state index is 0.740. The summed E-state index contributed by atoms with van der Waals surface area (Å²) < 4.78 is 0. The molecule has 4 nitrogen and oxygen atoms in total. The number of rotatable bonds is 5. The highest BCUT2D eigenvalue weighted by Crippen LogP contribution is 2.06. The summed E-state index contributed by atoms with van der Waals surface area (Å²) in [7, 11) is 0. The minimum atomic E-state index is 0.740. The molecule has 3 N–H and O–H groups in total. The number of hydrogen-bond acceptors (Lipinski definition) is 3. The van der Waals surface area contributed by atoms with Gasteiger partial charge in [0, 0.05) is 13.1 Å². The molecule has 0 aromatic heterocycles. The van der Waals surface area contributed by atoms with Crippen LogP contribution in [0.25, 0.3) is 0 Å². The van der Waals surface area contributed by atoms with Gasteiger partial charge in [0.2, 0.25) is 0 Å². The van der Waals surface area contributed by atoms with Crippen molar-refractivity contribution in [3.63, 3.8) is 0 Å². The normalized spacial score (nSPS) is 23.6. The maximum atomic E-state index is 4.25. The van der Waals surface area contributed by atoms with Crippen molar-refractivity contribution in [2.75, 3.05) is 26.2 Å². The van der Waals surface area contributed by atoms with Gasteiger partial charge in [0.05, 0.1) is 6.34 Å². The lowest BCUT2D eigenvalue weighted by molar-refractivity contribution is 0.594. The Labute approximate surface area is 73.8 Å². The van der Waals surface area contributed by atoms with E-state index >= 15 is 0 Å². The van der Waals surface area contributed by atoms with Gasteiger partial charge in [0.1, 0.15) is 0 Å². The van der Waals surface area contributed by atoms with E-state index in [0.29, 0.717) is 0 Å². The van der Waals surface area contributed by atoms with E-state index in [4.69, 9.17) is 0 Å². The quantitative estimate of drug-likeness (QED) is 0.230. The van der Waals surface area contributed by atoms with Crippen LogP contribution < -0.4 is 16.2 Å². The van der Waals surface area contributed by atoms with E-state index in [0.717, 1.165) is 32.1 Å². The van der Waals surface area contributed by atoms with E-state index in [1.54, 1.807) is 6.34 Å². The number of hydrogen-bond donors (Lipinski definition) is 3. The van der Waals surface area contributed by atoms with Crippen LogP contribution in [0, 0.1) is 5.92 Å².